The molecule has 1 aromatic carbocycles. The van der Waals surface area contributed by atoms with E-state index >= 15 is 0 Å². The van der Waals surface area contributed by atoms with Gasteiger partial charge in [-0.2, -0.15) is 11.8 Å². The van der Waals surface area contributed by atoms with Crippen molar-refractivity contribution in [1.82, 2.24) is 0 Å². The van der Waals surface area contributed by atoms with E-state index in [0.29, 0.717) is 6.54 Å². The van der Waals surface area contributed by atoms with Gasteiger partial charge in [-0.05, 0) is 49.4 Å². The first-order chi connectivity index (χ1) is 8.27. The maximum atomic E-state index is 5.82. The number of nitrogens with two attached hydrogens (primary N) is 1. The minimum absolute atomic E-state index is 0.672. The van der Waals surface area contributed by atoms with Gasteiger partial charge in [0.2, 0.25) is 0 Å². The lowest BCUT2D eigenvalue weighted by molar-refractivity contribution is 0.315. The zero-order valence-electron chi connectivity index (χ0n) is 10.9. The molecule has 1 rings (SSSR count). The molecule has 0 radical (unpaired) electrons. The third kappa shape index (κ3) is 5.46. The number of thioether (sulfide) groups is 1. The minimum atomic E-state index is 0.672. The topological polar surface area (TPSA) is 35.2 Å². The first kappa shape index (κ1) is 14.4. The Bertz CT molecular complexity index is 328. The molecule has 2 nitrogen and oxygen atoms in total. The van der Waals surface area contributed by atoms with Gasteiger partial charge in [-0.3, -0.25) is 0 Å². The predicted molar refractivity (Wildman–Crippen MR) is 77.0 cm³/mol. The molecule has 0 spiro atoms. The smallest absolute Gasteiger partial charge is 0.122 e. The van der Waals surface area contributed by atoms with E-state index < -0.39 is 0 Å². The van der Waals surface area contributed by atoms with Crippen molar-refractivity contribution >= 4 is 11.8 Å². The lowest BCUT2D eigenvalue weighted by atomic mass is 10.1. The lowest BCUT2D eigenvalue weighted by Gasteiger charge is -2.11. The molecule has 0 aromatic heterocycles. The lowest BCUT2D eigenvalue weighted by Crippen LogP contribution is -2.06. The van der Waals surface area contributed by atoms with E-state index in [1.165, 1.54) is 22.6 Å². The van der Waals surface area contributed by atoms with Crippen LogP contribution in [0.4, 0.5) is 0 Å². The number of rotatable bonds is 8. The third-order valence-corrected chi connectivity index (χ3v) is 3.51. The van der Waals surface area contributed by atoms with Crippen LogP contribution in [0.2, 0.25) is 0 Å². The molecule has 96 valence electrons. The second-order valence-corrected chi connectivity index (χ2v) is 5.44. The molecule has 0 bridgehead atoms. The van der Waals surface area contributed by atoms with Gasteiger partial charge in [0, 0.05) is 0 Å². The molecule has 0 unspecified atom stereocenters. The van der Waals surface area contributed by atoms with Crippen LogP contribution in [0.25, 0.3) is 0 Å². The van der Waals surface area contributed by atoms with Gasteiger partial charge in [0.05, 0.1) is 6.61 Å². The predicted octanol–water partition coefficient (Wildman–Crippen LogP) is 3.02. The third-order valence-electron chi connectivity index (χ3n) is 2.52. The molecule has 0 aliphatic carbocycles. The quantitative estimate of drug-likeness (QED) is 0.723. The standard InChI is InChI=1S/C14H23NOS/c1-3-17-10-4-9-16-14-6-5-12(2)11-13(14)7-8-15/h5-6,11H,3-4,7-10,15H2,1-2H3. The molecule has 0 saturated carbocycles. The molecule has 3 heteroatoms. The van der Waals surface area contributed by atoms with Gasteiger partial charge >= 0.3 is 0 Å². The second-order valence-electron chi connectivity index (χ2n) is 4.05. The van der Waals surface area contributed by atoms with Crippen molar-refractivity contribution in [2.24, 2.45) is 5.73 Å². The Morgan fingerprint density at radius 2 is 2.18 bits per heavy atom. The SMILES string of the molecule is CCSCCCOc1ccc(C)cc1CCN. The summed E-state index contributed by atoms with van der Waals surface area (Å²) in [6, 6.07) is 6.33. The summed E-state index contributed by atoms with van der Waals surface area (Å²) in [4.78, 5) is 0. The normalized spacial score (nSPS) is 10.5. The highest BCUT2D eigenvalue weighted by Crippen LogP contribution is 2.20. The van der Waals surface area contributed by atoms with Gasteiger partial charge in [0.15, 0.2) is 0 Å². The molecule has 2 N–H and O–H groups in total. The van der Waals surface area contributed by atoms with Gasteiger partial charge in [-0.15, -0.1) is 0 Å². The van der Waals surface area contributed by atoms with Crippen molar-refractivity contribution < 1.29 is 4.74 Å². The van der Waals surface area contributed by atoms with Gasteiger partial charge in [-0.25, -0.2) is 0 Å². The molecular weight excluding hydrogens is 230 g/mol. The first-order valence-electron chi connectivity index (χ1n) is 6.28. The molecule has 1 aromatic rings. The zero-order chi connectivity index (χ0) is 12.5. The summed E-state index contributed by atoms with van der Waals surface area (Å²) in [5.41, 5.74) is 8.11. The molecule has 0 amide bonds. The van der Waals surface area contributed by atoms with Crippen LogP contribution in [-0.2, 0) is 6.42 Å². The highest BCUT2D eigenvalue weighted by molar-refractivity contribution is 7.99. The fourth-order valence-corrected chi connectivity index (χ4v) is 2.30. The van der Waals surface area contributed by atoms with E-state index in [4.69, 9.17) is 10.5 Å². The number of benzene rings is 1. The average molecular weight is 253 g/mol. The summed E-state index contributed by atoms with van der Waals surface area (Å²) < 4.78 is 5.82. The molecule has 0 aliphatic rings. The van der Waals surface area contributed by atoms with Gasteiger partial charge in [0.1, 0.15) is 5.75 Å². The number of hydrogen-bond acceptors (Lipinski definition) is 3. The molecule has 0 atom stereocenters. The van der Waals surface area contributed by atoms with Crippen molar-refractivity contribution in [1.29, 1.82) is 0 Å². The van der Waals surface area contributed by atoms with Gasteiger partial charge in [0.25, 0.3) is 0 Å². The summed E-state index contributed by atoms with van der Waals surface area (Å²) in [5, 5.41) is 0. The monoisotopic (exact) mass is 253 g/mol. The van der Waals surface area contributed by atoms with Gasteiger partial charge < -0.3 is 10.5 Å². The Hall–Kier alpha value is -0.670. The van der Waals surface area contributed by atoms with Crippen LogP contribution in [0.5, 0.6) is 5.75 Å². The minimum Gasteiger partial charge on any atom is -0.493 e. The Morgan fingerprint density at radius 1 is 1.35 bits per heavy atom. The van der Waals surface area contributed by atoms with Crippen molar-refractivity contribution in [3.05, 3.63) is 29.3 Å². The van der Waals surface area contributed by atoms with Crippen molar-refractivity contribution in [2.45, 2.75) is 26.7 Å². The maximum absolute atomic E-state index is 5.82. The van der Waals surface area contributed by atoms with Crippen LogP contribution in [-0.4, -0.2) is 24.7 Å². The number of hydrogen-bond donors (Lipinski definition) is 1. The summed E-state index contributed by atoms with van der Waals surface area (Å²) in [7, 11) is 0. The average Bonchev–Trinajstić information content (AvgIpc) is 2.32. The summed E-state index contributed by atoms with van der Waals surface area (Å²) in [5.74, 6) is 3.36. The molecule has 0 fully saturated rings. The fourth-order valence-electron chi connectivity index (χ4n) is 1.69. The number of aryl methyl sites for hydroxylation is 1. The van der Waals surface area contributed by atoms with Crippen LogP contribution >= 0.6 is 11.8 Å². The van der Waals surface area contributed by atoms with Crippen LogP contribution < -0.4 is 10.5 Å². The largest absolute Gasteiger partial charge is 0.493 e. The van der Waals surface area contributed by atoms with E-state index in [-0.39, 0.29) is 0 Å². The summed E-state index contributed by atoms with van der Waals surface area (Å²) in [6.07, 6.45) is 2.00. The van der Waals surface area contributed by atoms with Crippen molar-refractivity contribution in [3.63, 3.8) is 0 Å². The van der Waals surface area contributed by atoms with Gasteiger partial charge in [-0.1, -0.05) is 24.6 Å². The molecule has 0 saturated heterocycles. The Labute approximate surface area is 109 Å². The van der Waals surface area contributed by atoms with E-state index in [2.05, 4.69) is 32.0 Å². The van der Waals surface area contributed by atoms with Crippen LogP contribution in [0.15, 0.2) is 18.2 Å². The molecular formula is C14H23NOS. The Morgan fingerprint density at radius 3 is 2.88 bits per heavy atom. The van der Waals surface area contributed by atoms with E-state index in [1.807, 2.05) is 11.8 Å². The van der Waals surface area contributed by atoms with E-state index in [1.54, 1.807) is 0 Å². The first-order valence-corrected chi connectivity index (χ1v) is 7.43. The molecule has 17 heavy (non-hydrogen) atoms. The highest BCUT2D eigenvalue weighted by atomic mass is 32.2. The second kappa shape index (κ2) is 8.43. The van der Waals surface area contributed by atoms with E-state index in [0.717, 1.165) is 25.2 Å². The summed E-state index contributed by atoms with van der Waals surface area (Å²) in [6.45, 7) is 5.76. The highest BCUT2D eigenvalue weighted by Gasteiger charge is 2.03. The Kier molecular flexibility index (Phi) is 7.13. The summed E-state index contributed by atoms with van der Waals surface area (Å²) >= 11 is 1.96. The van der Waals surface area contributed by atoms with Crippen molar-refractivity contribution in [2.75, 3.05) is 24.7 Å². The fraction of sp³-hybridized carbons (Fsp3) is 0.571. The van der Waals surface area contributed by atoms with Crippen LogP contribution in [0, 0.1) is 6.92 Å². The molecule has 0 heterocycles. The molecule has 0 aliphatic heterocycles. The maximum Gasteiger partial charge on any atom is 0.122 e. The van der Waals surface area contributed by atoms with E-state index in [9.17, 15) is 0 Å². The van der Waals surface area contributed by atoms with Crippen LogP contribution in [0.3, 0.4) is 0 Å². The zero-order valence-corrected chi connectivity index (χ0v) is 11.7. The van der Waals surface area contributed by atoms with Crippen LogP contribution in [0.1, 0.15) is 24.5 Å². The Balaban J connectivity index is 2.45. The van der Waals surface area contributed by atoms with Crippen molar-refractivity contribution in [3.8, 4) is 5.75 Å². The number of ether oxygens (including phenoxy) is 1.